The third-order valence-corrected chi connectivity index (χ3v) is 5.22. The molecule has 2 heterocycles. The molecule has 0 bridgehead atoms. The van der Waals surface area contributed by atoms with Gasteiger partial charge in [-0.3, -0.25) is 0 Å². The Morgan fingerprint density at radius 3 is 2.90 bits per heavy atom. The fourth-order valence-electron chi connectivity index (χ4n) is 2.38. The Hall–Kier alpha value is -1.07. The van der Waals surface area contributed by atoms with E-state index in [2.05, 4.69) is 46.4 Å². The van der Waals surface area contributed by atoms with Crippen molar-refractivity contribution < 1.29 is 0 Å². The van der Waals surface area contributed by atoms with Crippen LogP contribution in [-0.4, -0.2) is 16.5 Å². The lowest BCUT2D eigenvalue weighted by Crippen LogP contribution is -2.10. The van der Waals surface area contributed by atoms with Gasteiger partial charge in [0.05, 0.1) is 5.69 Å². The maximum Gasteiger partial charge on any atom is 0.135 e. The highest BCUT2D eigenvalue weighted by molar-refractivity contribution is 9.10. The zero-order valence-corrected chi connectivity index (χ0v) is 14.4. The lowest BCUT2D eigenvalue weighted by atomic mass is 10.1. The van der Waals surface area contributed by atoms with E-state index in [1.54, 1.807) is 0 Å². The average Bonchev–Trinajstić information content (AvgIpc) is 2.95. The minimum Gasteiger partial charge on any atom is -0.370 e. The van der Waals surface area contributed by atoms with Gasteiger partial charge in [0.25, 0.3) is 0 Å². The highest BCUT2D eigenvalue weighted by atomic mass is 79.9. The molecule has 3 nitrogen and oxygen atoms in total. The second-order valence-electron chi connectivity index (χ2n) is 5.10. The molecular formula is C16H18BrN3S. The number of nitrogens with one attached hydrogen (secondary N) is 1. The number of hydrogen-bond acceptors (Lipinski definition) is 4. The standard InChI is InChI=1S/C16H18BrN3S/c1-2-7-18-16-12-9-21-10-14(12)19-15(20-16)8-11-5-3-4-6-13(11)17/h3-6H,2,7-10H2,1H3,(H,18,19,20). The largest absolute Gasteiger partial charge is 0.370 e. The van der Waals surface area contributed by atoms with Crippen molar-refractivity contribution in [1.82, 2.24) is 9.97 Å². The van der Waals surface area contributed by atoms with Crippen LogP contribution in [-0.2, 0) is 17.9 Å². The van der Waals surface area contributed by atoms with E-state index in [9.17, 15) is 0 Å². The summed E-state index contributed by atoms with van der Waals surface area (Å²) in [5, 5.41) is 3.46. The summed E-state index contributed by atoms with van der Waals surface area (Å²) in [5.74, 6) is 3.97. The molecule has 110 valence electrons. The van der Waals surface area contributed by atoms with Crippen LogP contribution in [0, 0.1) is 0 Å². The number of nitrogens with zero attached hydrogens (tertiary/aromatic N) is 2. The highest BCUT2D eigenvalue weighted by Crippen LogP contribution is 2.33. The van der Waals surface area contributed by atoms with Crippen LogP contribution in [0.25, 0.3) is 0 Å². The number of fused-ring (bicyclic) bond motifs is 1. The molecule has 0 spiro atoms. The zero-order chi connectivity index (χ0) is 14.7. The van der Waals surface area contributed by atoms with Crippen molar-refractivity contribution in [3.05, 3.63) is 51.4 Å². The molecule has 3 rings (SSSR count). The highest BCUT2D eigenvalue weighted by Gasteiger charge is 2.19. The molecule has 0 aliphatic carbocycles. The zero-order valence-electron chi connectivity index (χ0n) is 12.0. The number of halogens is 1. The first kappa shape index (κ1) is 14.9. The van der Waals surface area contributed by atoms with Crippen LogP contribution in [0.2, 0.25) is 0 Å². The summed E-state index contributed by atoms with van der Waals surface area (Å²) in [6.07, 6.45) is 1.87. The van der Waals surface area contributed by atoms with E-state index >= 15 is 0 Å². The van der Waals surface area contributed by atoms with Crippen molar-refractivity contribution in [3.8, 4) is 0 Å². The molecule has 1 aromatic heterocycles. The number of benzene rings is 1. The van der Waals surface area contributed by atoms with E-state index in [1.165, 1.54) is 16.8 Å². The first-order valence-electron chi connectivity index (χ1n) is 7.21. The Morgan fingerprint density at radius 1 is 1.24 bits per heavy atom. The molecule has 0 atom stereocenters. The minimum absolute atomic E-state index is 0.764. The Labute approximate surface area is 138 Å². The number of thioether (sulfide) groups is 1. The molecule has 5 heteroatoms. The van der Waals surface area contributed by atoms with E-state index in [1.807, 2.05) is 17.8 Å². The van der Waals surface area contributed by atoms with E-state index in [4.69, 9.17) is 9.97 Å². The summed E-state index contributed by atoms with van der Waals surface area (Å²) in [7, 11) is 0. The van der Waals surface area contributed by atoms with Crippen molar-refractivity contribution in [3.63, 3.8) is 0 Å². The average molecular weight is 364 g/mol. The Morgan fingerprint density at radius 2 is 2.10 bits per heavy atom. The fraction of sp³-hybridized carbons (Fsp3) is 0.375. The topological polar surface area (TPSA) is 37.8 Å². The van der Waals surface area contributed by atoms with Gasteiger partial charge < -0.3 is 5.32 Å². The number of hydrogen-bond donors (Lipinski definition) is 1. The van der Waals surface area contributed by atoms with Crippen LogP contribution in [0.4, 0.5) is 5.82 Å². The van der Waals surface area contributed by atoms with Crippen LogP contribution in [0.1, 0.15) is 36.0 Å². The van der Waals surface area contributed by atoms with Crippen LogP contribution in [0.5, 0.6) is 0 Å². The Bertz CT molecular complexity index is 645. The van der Waals surface area contributed by atoms with Gasteiger partial charge in [-0.05, 0) is 18.1 Å². The maximum atomic E-state index is 4.77. The van der Waals surface area contributed by atoms with E-state index in [-0.39, 0.29) is 0 Å². The predicted molar refractivity (Wildman–Crippen MR) is 92.8 cm³/mol. The van der Waals surface area contributed by atoms with E-state index in [0.29, 0.717) is 0 Å². The molecule has 1 aliphatic rings. The smallest absolute Gasteiger partial charge is 0.135 e. The maximum absolute atomic E-state index is 4.77. The van der Waals surface area contributed by atoms with Crippen LogP contribution < -0.4 is 5.32 Å². The normalized spacial score (nSPS) is 13.2. The third-order valence-electron chi connectivity index (χ3n) is 3.47. The fourth-order valence-corrected chi connectivity index (χ4v) is 3.85. The molecule has 0 saturated carbocycles. The summed E-state index contributed by atoms with van der Waals surface area (Å²) < 4.78 is 1.12. The minimum atomic E-state index is 0.764. The van der Waals surface area contributed by atoms with Gasteiger partial charge >= 0.3 is 0 Å². The van der Waals surface area contributed by atoms with Crippen molar-refractivity contribution in [1.29, 1.82) is 0 Å². The van der Waals surface area contributed by atoms with Gasteiger partial charge in [-0.2, -0.15) is 11.8 Å². The molecule has 0 fully saturated rings. The lowest BCUT2D eigenvalue weighted by Gasteiger charge is -2.11. The molecule has 1 N–H and O–H groups in total. The summed E-state index contributed by atoms with van der Waals surface area (Å²) in [5.41, 5.74) is 3.73. The Kier molecular flexibility index (Phi) is 4.80. The molecule has 1 aromatic carbocycles. The van der Waals surface area contributed by atoms with Gasteiger partial charge in [-0.25, -0.2) is 9.97 Å². The van der Waals surface area contributed by atoms with Gasteiger partial charge in [-0.1, -0.05) is 41.1 Å². The molecule has 0 radical (unpaired) electrons. The molecular weight excluding hydrogens is 346 g/mol. The third kappa shape index (κ3) is 3.40. The molecule has 0 amide bonds. The molecule has 2 aromatic rings. The molecule has 0 saturated heterocycles. The molecule has 21 heavy (non-hydrogen) atoms. The molecule has 0 unspecified atom stereocenters. The van der Waals surface area contributed by atoms with Crippen molar-refractivity contribution in [2.75, 3.05) is 11.9 Å². The van der Waals surface area contributed by atoms with Crippen molar-refractivity contribution in [2.24, 2.45) is 0 Å². The van der Waals surface area contributed by atoms with Crippen LogP contribution >= 0.6 is 27.7 Å². The van der Waals surface area contributed by atoms with Gasteiger partial charge in [0.2, 0.25) is 0 Å². The number of aromatic nitrogens is 2. The van der Waals surface area contributed by atoms with Gasteiger partial charge in [0, 0.05) is 34.5 Å². The van der Waals surface area contributed by atoms with E-state index < -0.39 is 0 Å². The predicted octanol–water partition coefficient (Wildman–Crippen LogP) is 4.40. The van der Waals surface area contributed by atoms with Gasteiger partial charge in [0.15, 0.2) is 0 Å². The van der Waals surface area contributed by atoms with Crippen LogP contribution in [0.15, 0.2) is 28.7 Å². The number of anilines is 1. The quantitative estimate of drug-likeness (QED) is 0.854. The second kappa shape index (κ2) is 6.79. The van der Waals surface area contributed by atoms with E-state index in [0.717, 1.165) is 47.0 Å². The Balaban J connectivity index is 1.90. The van der Waals surface area contributed by atoms with Gasteiger partial charge in [-0.15, -0.1) is 0 Å². The van der Waals surface area contributed by atoms with Crippen LogP contribution in [0.3, 0.4) is 0 Å². The summed E-state index contributed by atoms with van der Waals surface area (Å²) in [4.78, 5) is 9.53. The summed E-state index contributed by atoms with van der Waals surface area (Å²) in [6.45, 7) is 3.13. The van der Waals surface area contributed by atoms with Gasteiger partial charge in [0.1, 0.15) is 11.6 Å². The first-order valence-corrected chi connectivity index (χ1v) is 9.16. The van der Waals surface area contributed by atoms with Crippen molar-refractivity contribution >= 4 is 33.5 Å². The number of rotatable bonds is 5. The summed E-state index contributed by atoms with van der Waals surface area (Å²) >= 11 is 5.52. The molecule has 1 aliphatic heterocycles. The summed E-state index contributed by atoms with van der Waals surface area (Å²) in [6, 6.07) is 8.27. The van der Waals surface area contributed by atoms with Crippen molar-refractivity contribution in [2.45, 2.75) is 31.3 Å². The SMILES string of the molecule is CCCNc1nc(Cc2ccccc2Br)nc2c1CSC2. The lowest BCUT2D eigenvalue weighted by molar-refractivity contribution is 0.903. The monoisotopic (exact) mass is 363 g/mol. The second-order valence-corrected chi connectivity index (χ2v) is 6.94. The first-order chi connectivity index (χ1) is 10.3.